The molecule has 0 bridgehead atoms. The van der Waals surface area contributed by atoms with Crippen molar-refractivity contribution in [1.29, 1.82) is 0 Å². The lowest BCUT2D eigenvalue weighted by Gasteiger charge is -2.05. The number of benzene rings is 1. The molecule has 0 radical (unpaired) electrons. The molecule has 22 heavy (non-hydrogen) atoms. The number of H-pyrrole nitrogens is 1. The number of fused-ring (bicyclic) bond motifs is 1. The number of hydrogen-bond acceptors (Lipinski definition) is 4. The average Bonchev–Trinajstić information content (AvgIpc) is 2.86. The van der Waals surface area contributed by atoms with Gasteiger partial charge in [0.25, 0.3) is 10.1 Å². The molecule has 0 aliphatic heterocycles. The molecule has 0 fully saturated rings. The van der Waals surface area contributed by atoms with Crippen LogP contribution in [-0.4, -0.2) is 31.2 Å². The molecular formula is C16H16N2O3S. The van der Waals surface area contributed by atoms with Crippen molar-refractivity contribution in [3.63, 3.8) is 0 Å². The van der Waals surface area contributed by atoms with E-state index in [-0.39, 0.29) is 6.61 Å². The van der Waals surface area contributed by atoms with Crippen LogP contribution >= 0.6 is 0 Å². The number of rotatable bonds is 5. The van der Waals surface area contributed by atoms with Crippen LogP contribution in [0.5, 0.6) is 0 Å². The second kappa shape index (κ2) is 5.90. The van der Waals surface area contributed by atoms with E-state index in [2.05, 4.69) is 9.97 Å². The van der Waals surface area contributed by atoms with Crippen molar-refractivity contribution in [3.8, 4) is 11.3 Å². The van der Waals surface area contributed by atoms with Gasteiger partial charge in [0, 0.05) is 28.9 Å². The maximum absolute atomic E-state index is 11.1. The van der Waals surface area contributed by atoms with E-state index in [1.54, 1.807) is 12.4 Å². The standard InChI is InChI=1S/C16H16N2O3S/c1-22(19,20)21-10-8-14-13-6-2-3-7-15(13)18-16(14)12-5-4-9-17-11-12/h2-7,9,11,18H,8,10H2,1H3. The molecule has 0 aliphatic rings. The van der Waals surface area contributed by atoms with Crippen LogP contribution in [0.25, 0.3) is 22.2 Å². The summed E-state index contributed by atoms with van der Waals surface area (Å²) in [4.78, 5) is 7.53. The summed E-state index contributed by atoms with van der Waals surface area (Å²) < 4.78 is 27.2. The Hall–Kier alpha value is -2.18. The Labute approximate surface area is 129 Å². The number of hydrogen-bond donors (Lipinski definition) is 1. The first-order valence-corrected chi connectivity index (χ1v) is 8.70. The fraction of sp³-hybridized carbons (Fsp3) is 0.188. The van der Waals surface area contributed by atoms with Crippen LogP contribution in [-0.2, 0) is 20.7 Å². The molecular weight excluding hydrogens is 300 g/mol. The Kier molecular flexibility index (Phi) is 3.96. The summed E-state index contributed by atoms with van der Waals surface area (Å²) in [5.41, 5.74) is 3.96. The number of para-hydroxylation sites is 1. The van der Waals surface area contributed by atoms with Gasteiger partial charge in [-0.3, -0.25) is 9.17 Å². The first-order valence-electron chi connectivity index (χ1n) is 6.89. The van der Waals surface area contributed by atoms with Gasteiger partial charge in [-0.05, 0) is 30.2 Å². The zero-order valence-corrected chi connectivity index (χ0v) is 12.9. The van der Waals surface area contributed by atoms with E-state index < -0.39 is 10.1 Å². The van der Waals surface area contributed by atoms with Crippen LogP contribution in [0.2, 0.25) is 0 Å². The van der Waals surface area contributed by atoms with E-state index in [4.69, 9.17) is 4.18 Å². The van der Waals surface area contributed by atoms with Gasteiger partial charge in [0.1, 0.15) is 0 Å². The van der Waals surface area contributed by atoms with Crippen LogP contribution < -0.4 is 0 Å². The summed E-state index contributed by atoms with van der Waals surface area (Å²) in [5, 5.41) is 1.07. The Morgan fingerprint density at radius 1 is 1.18 bits per heavy atom. The summed E-state index contributed by atoms with van der Waals surface area (Å²) in [6.07, 6.45) is 5.07. The zero-order chi connectivity index (χ0) is 15.6. The minimum Gasteiger partial charge on any atom is -0.354 e. The van der Waals surface area contributed by atoms with Gasteiger partial charge in [-0.15, -0.1) is 0 Å². The summed E-state index contributed by atoms with van der Waals surface area (Å²) in [6, 6.07) is 11.8. The molecule has 0 unspecified atom stereocenters. The largest absolute Gasteiger partial charge is 0.354 e. The molecule has 5 nitrogen and oxygen atoms in total. The minimum atomic E-state index is -3.43. The zero-order valence-electron chi connectivity index (χ0n) is 12.1. The average molecular weight is 316 g/mol. The fourth-order valence-electron chi connectivity index (χ4n) is 2.51. The molecule has 2 heterocycles. The highest BCUT2D eigenvalue weighted by Gasteiger charge is 2.13. The molecule has 6 heteroatoms. The van der Waals surface area contributed by atoms with Gasteiger partial charge in [0.15, 0.2) is 0 Å². The third-order valence-corrected chi connectivity index (χ3v) is 4.01. The first kappa shape index (κ1) is 14.7. The van der Waals surface area contributed by atoms with Crippen molar-refractivity contribution < 1.29 is 12.6 Å². The molecule has 1 aromatic carbocycles. The maximum atomic E-state index is 11.1. The van der Waals surface area contributed by atoms with Crippen molar-refractivity contribution in [2.75, 3.05) is 12.9 Å². The third kappa shape index (κ3) is 3.18. The van der Waals surface area contributed by atoms with E-state index >= 15 is 0 Å². The first-order chi connectivity index (χ1) is 10.5. The van der Waals surface area contributed by atoms with Gasteiger partial charge >= 0.3 is 0 Å². The number of pyridine rings is 1. The van der Waals surface area contributed by atoms with Crippen molar-refractivity contribution in [2.24, 2.45) is 0 Å². The normalized spacial score (nSPS) is 11.9. The summed E-state index contributed by atoms with van der Waals surface area (Å²) >= 11 is 0. The van der Waals surface area contributed by atoms with Gasteiger partial charge in [-0.1, -0.05) is 18.2 Å². The Morgan fingerprint density at radius 2 is 2.00 bits per heavy atom. The Morgan fingerprint density at radius 3 is 2.73 bits per heavy atom. The molecule has 0 atom stereocenters. The quantitative estimate of drug-likeness (QED) is 0.735. The van der Waals surface area contributed by atoms with Crippen molar-refractivity contribution in [1.82, 2.24) is 9.97 Å². The second-order valence-electron chi connectivity index (χ2n) is 5.04. The third-order valence-electron chi connectivity index (χ3n) is 3.41. The predicted molar refractivity (Wildman–Crippen MR) is 86.0 cm³/mol. The van der Waals surface area contributed by atoms with Gasteiger partial charge in [-0.2, -0.15) is 8.42 Å². The summed E-state index contributed by atoms with van der Waals surface area (Å²) in [6.45, 7) is 0.119. The van der Waals surface area contributed by atoms with Crippen molar-refractivity contribution in [3.05, 3.63) is 54.4 Å². The van der Waals surface area contributed by atoms with Gasteiger partial charge in [0.05, 0.1) is 18.6 Å². The molecule has 0 saturated carbocycles. The van der Waals surface area contributed by atoms with Crippen LogP contribution in [0.15, 0.2) is 48.8 Å². The smallest absolute Gasteiger partial charge is 0.264 e. The van der Waals surface area contributed by atoms with Crippen molar-refractivity contribution >= 4 is 21.0 Å². The SMILES string of the molecule is CS(=O)(=O)OCCc1c(-c2cccnc2)[nH]c2ccccc12. The molecule has 3 aromatic rings. The van der Waals surface area contributed by atoms with Crippen LogP contribution in [0.4, 0.5) is 0 Å². The summed E-state index contributed by atoms with van der Waals surface area (Å²) in [7, 11) is -3.43. The number of aromatic amines is 1. The van der Waals surface area contributed by atoms with E-state index in [0.717, 1.165) is 34.0 Å². The fourth-order valence-corrected chi connectivity index (χ4v) is 2.90. The minimum absolute atomic E-state index is 0.119. The van der Waals surface area contributed by atoms with Gasteiger partial charge in [-0.25, -0.2) is 0 Å². The van der Waals surface area contributed by atoms with E-state index in [0.29, 0.717) is 6.42 Å². The Bertz CT molecular complexity index is 886. The topological polar surface area (TPSA) is 72.1 Å². The lowest BCUT2D eigenvalue weighted by atomic mass is 10.0. The molecule has 0 aliphatic carbocycles. The molecule has 2 aromatic heterocycles. The maximum Gasteiger partial charge on any atom is 0.264 e. The molecule has 0 spiro atoms. The van der Waals surface area contributed by atoms with Crippen molar-refractivity contribution in [2.45, 2.75) is 6.42 Å². The second-order valence-corrected chi connectivity index (χ2v) is 6.69. The van der Waals surface area contributed by atoms with E-state index in [1.165, 1.54) is 0 Å². The highest BCUT2D eigenvalue weighted by atomic mass is 32.2. The van der Waals surface area contributed by atoms with Crippen LogP contribution in [0.3, 0.4) is 0 Å². The van der Waals surface area contributed by atoms with Gasteiger partial charge < -0.3 is 4.98 Å². The lowest BCUT2D eigenvalue weighted by Crippen LogP contribution is -2.06. The predicted octanol–water partition coefficient (Wildman–Crippen LogP) is 2.75. The Balaban J connectivity index is 2.02. The molecule has 0 saturated heterocycles. The van der Waals surface area contributed by atoms with Crippen LogP contribution in [0.1, 0.15) is 5.56 Å². The number of nitrogens with one attached hydrogen (secondary N) is 1. The molecule has 114 valence electrons. The highest BCUT2D eigenvalue weighted by Crippen LogP contribution is 2.30. The number of aromatic nitrogens is 2. The van der Waals surface area contributed by atoms with Crippen LogP contribution in [0, 0.1) is 0 Å². The highest BCUT2D eigenvalue weighted by molar-refractivity contribution is 7.85. The molecule has 0 amide bonds. The van der Waals surface area contributed by atoms with Gasteiger partial charge in [0.2, 0.25) is 0 Å². The number of nitrogens with zero attached hydrogens (tertiary/aromatic N) is 1. The monoisotopic (exact) mass is 316 g/mol. The lowest BCUT2D eigenvalue weighted by molar-refractivity contribution is 0.326. The van der Waals surface area contributed by atoms with E-state index in [9.17, 15) is 8.42 Å². The molecule has 1 N–H and O–H groups in total. The molecule has 3 rings (SSSR count). The summed E-state index contributed by atoms with van der Waals surface area (Å²) in [5.74, 6) is 0. The van der Waals surface area contributed by atoms with E-state index in [1.807, 2.05) is 36.4 Å².